The highest BCUT2D eigenvalue weighted by atomic mass is 19.4. The Bertz CT molecular complexity index is 427. The minimum atomic E-state index is -4.57. The molecule has 0 bridgehead atoms. The van der Waals surface area contributed by atoms with Gasteiger partial charge in [-0.1, -0.05) is 0 Å². The Morgan fingerprint density at radius 1 is 1.50 bits per heavy atom. The third-order valence-electron chi connectivity index (χ3n) is 3.05. The van der Waals surface area contributed by atoms with Gasteiger partial charge >= 0.3 is 6.18 Å². The van der Waals surface area contributed by atoms with E-state index in [-0.39, 0.29) is 25.2 Å². The summed E-state index contributed by atoms with van der Waals surface area (Å²) in [5.74, 6) is -1.03. The second-order valence-electron chi connectivity index (χ2n) is 4.20. The molecular formula is C11H12F3N3O. The van der Waals surface area contributed by atoms with Crippen LogP contribution in [0.5, 0.6) is 0 Å². The number of amides is 1. The van der Waals surface area contributed by atoms with E-state index in [0.29, 0.717) is 0 Å². The highest BCUT2D eigenvalue weighted by molar-refractivity contribution is 5.96. The van der Waals surface area contributed by atoms with Crippen molar-refractivity contribution < 1.29 is 18.0 Å². The van der Waals surface area contributed by atoms with Crippen LogP contribution in [-0.4, -0.2) is 30.2 Å². The van der Waals surface area contributed by atoms with Crippen molar-refractivity contribution in [2.24, 2.45) is 5.41 Å². The molecule has 1 aromatic heterocycles. The van der Waals surface area contributed by atoms with Gasteiger partial charge in [-0.3, -0.25) is 9.78 Å². The second kappa shape index (κ2) is 4.56. The van der Waals surface area contributed by atoms with Crippen molar-refractivity contribution >= 4 is 11.6 Å². The van der Waals surface area contributed by atoms with Gasteiger partial charge in [0.25, 0.3) is 0 Å². The van der Waals surface area contributed by atoms with E-state index in [4.69, 9.17) is 0 Å². The fourth-order valence-electron chi connectivity index (χ4n) is 1.94. The maximum absolute atomic E-state index is 13.1. The Labute approximate surface area is 102 Å². The highest BCUT2D eigenvalue weighted by Gasteiger charge is 2.61. The number of aromatic nitrogens is 1. The highest BCUT2D eigenvalue weighted by Crippen LogP contribution is 2.43. The summed E-state index contributed by atoms with van der Waals surface area (Å²) in [7, 11) is 0. The molecule has 7 heteroatoms. The van der Waals surface area contributed by atoms with Crippen molar-refractivity contribution in [3.8, 4) is 0 Å². The standard InChI is InChI=1S/C11H12F3N3O/c12-11(13,14)10(3-5-16-7-10)9(18)17-8-2-1-4-15-6-8/h1-2,4,6,16H,3,5,7H2,(H,17,18). The first-order chi connectivity index (χ1) is 8.46. The van der Waals surface area contributed by atoms with Gasteiger partial charge in [0.1, 0.15) is 0 Å². The summed E-state index contributed by atoms with van der Waals surface area (Å²) < 4.78 is 39.2. The predicted octanol–water partition coefficient (Wildman–Crippen LogP) is 1.56. The van der Waals surface area contributed by atoms with E-state index in [1.165, 1.54) is 18.5 Å². The molecule has 0 aromatic carbocycles. The quantitative estimate of drug-likeness (QED) is 0.847. The Hall–Kier alpha value is -1.63. The SMILES string of the molecule is O=C(Nc1cccnc1)C1(C(F)(F)F)CCNC1. The lowest BCUT2D eigenvalue weighted by Gasteiger charge is -2.29. The van der Waals surface area contributed by atoms with E-state index in [1.807, 2.05) is 0 Å². The van der Waals surface area contributed by atoms with Crippen LogP contribution >= 0.6 is 0 Å². The second-order valence-corrected chi connectivity index (χ2v) is 4.20. The third kappa shape index (κ3) is 2.17. The molecule has 1 aromatic rings. The Morgan fingerprint density at radius 3 is 2.78 bits per heavy atom. The molecule has 4 nitrogen and oxygen atoms in total. The normalized spacial score (nSPS) is 23.9. The molecule has 1 fully saturated rings. The topological polar surface area (TPSA) is 54.0 Å². The van der Waals surface area contributed by atoms with Gasteiger partial charge in [0.05, 0.1) is 11.9 Å². The molecule has 1 amide bonds. The fourth-order valence-corrected chi connectivity index (χ4v) is 1.94. The Kier molecular flexibility index (Phi) is 3.25. The summed E-state index contributed by atoms with van der Waals surface area (Å²) in [6.07, 6.45) is -2.03. The number of hydrogen-bond acceptors (Lipinski definition) is 3. The zero-order valence-corrected chi connectivity index (χ0v) is 9.42. The number of nitrogens with zero attached hydrogens (tertiary/aromatic N) is 1. The molecular weight excluding hydrogens is 247 g/mol. The average Bonchev–Trinajstić information content (AvgIpc) is 2.80. The minimum Gasteiger partial charge on any atom is -0.324 e. The minimum absolute atomic E-state index is 0.181. The van der Waals surface area contributed by atoms with Gasteiger partial charge in [0, 0.05) is 12.7 Å². The molecule has 2 rings (SSSR count). The number of anilines is 1. The lowest BCUT2D eigenvalue weighted by atomic mass is 9.85. The maximum Gasteiger partial charge on any atom is 0.404 e. The molecule has 1 aliphatic rings. The van der Waals surface area contributed by atoms with Gasteiger partial charge in [0.15, 0.2) is 5.41 Å². The van der Waals surface area contributed by atoms with Crippen LogP contribution in [0.2, 0.25) is 0 Å². The monoisotopic (exact) mass is 259 g/mol. The molecule has 2 N–H and O–H groups in total. The van der Waals surface area contributed by atoms with Crippen LogP contribution in [0, 0.1) is 5.41 Å². The molecule has 18 heavy (non-hydrogen) atoms. The van der Waals surface area contributed by atoms with Crippen molar-refractivity contribution in [3.05, 3.63) is 24.5 Å². The number of halogens is 3. The number of carbonyl (C=O) groups is 1. The van der Waals surface area contributed by atoms with Crippen molar-refractivity contribution in [1.29, 1.82) is 0 Å². The smallest absolute Gasteiger partial charge is 0.324 e. The maximum atomic E-state index is 13.1. The number of pyridine rings is 1. The van der Waals surface area contributed by atoms with Gasteiger partial charge in [-0.25, -0.2) is 0 Å². The summed E-state index contributed by atoms with van der Waals surface area (Å²) in [5.41, 5.74) is -2.08. The molecule has 0 spiro atoms. The van der Waals surface area contributed by atoms with Crippen LogP contribution in [0.15, 0.2) is 24.5 Å². The molecule has 1 aliphatic heterocycles. The largest absolute Gasteiger partial charge is 0.404 e. The van der Waals surface area contributed by atoms with Crippen molar-refractivity contribution in [2.45, 2.75) is 12.6 Å². The zero-order valence-electron chi connectivity index (χ0n) is 9.42. The van der Waals surface area contributed by atoms with Gasteiger partial charge in [-0.15, -0.1) is 0 Å². The molecule has 1 unspecified atom stereocenters. The van der Waals surface area contributed by atoms with Gasteiger partial charge in [0.2, 0.25) is 5.91 Å². The van der Waals surface area contributed by atoms with Crippen LogP contribution in [0.25, 0.3) is 0 Å². The van der Waals surface area contributed by atoms with Crippen LogP contribution in [0.3, 0.4) is 0 Å². The molecule has 1 atom stereocenters. The summed E-state index contributed by atoms with van der Waals surface area (Å²) in [4.78, 5) is 15.6. The molecule has 2 heterocycles. The molecule has 98 valence electrons. The number of carbonyl (C=O) groups excluding carboxylic acids is 1. The number of hydrogen-bond donors (Lipinski definition) is 2. The summed E-state index contributed by atoms with van der Waals surface area (Å²) in [6.45, 7) is -0.206. The first-order valence-corrected chi connectivity index (χ1v) is 5.45. The van der Waals surface area contributed by atoms with E-state index in [9.17, 15) is 18.0 Å². The van der Waals surface area contributed by atoms with Gasteiger partial charge in [-0.2, -0.15) is 13.2 Å². The zero-order chi connectivity index (χ0) is 13.2. The van der Waals surface area contributed by atoms with Crippen molar-refractivity contribution in [3.63, 3.8) is 0 Å². The number of alkyl halides is 3. The average molecular weight is 259 g/mol. The summed E-state index contributed by atoms with van der Waals surface area (Å²) in [6, 6.07) is 3.04. The Balaban J connectivity index is 2.20. The molecule has 0 saturated carbocycles. The van der Waals surface area contributed by atoms with Crippen molar-refractivity contribution in [1.82, 2.24) is 10.3 Å². The first-order valence-electron chi connectivity index (χ1n) is 5.45. The van der Waals surface area contributed by atoms with Gasteiger partial charge in [-0.05, 0) is 25.1 Å². The van der Waals surface area contributed by atoms with Crippen LogP contribution in [0.1, 0.15) is 6.42 Å². The van der Waals surface area contributed by atoms with E-state index < -0.39 is 17.5 Å². The lowest BCUT2D eigenvalue weighted by molar-refractivity contribution is -0.213. The molecule has 0 radical (unpaired) electrons. The summed E-state index contributed by atoms with van der Waals surface area (Å²) >= 11 is 0. The van der Waals surface area contributed by atoms with E-state index in [1.54, 1.807) is 6.07 Å². The van der Waals surface area contributed by atoms with Crippen LogP contribution < -0.4 is 10.6 Å². The lowest BCUT2D eigenvalue weighted by Crippen LogP contribution is -2.49. The van der Waals surface area contributed by atoms with E-state index in [2.05, 4.69) is 15.6 Å². The van der Waals surface area contributed by atoms with Crippen LogP contribution in [-0.2, 0) is 4.79 Å². The van der Waals surface area contributed by atoms with Gasteiger partial charge < -0.3 is 10.6 Å². The molecule has 1 saturated heterocycles. The fraction of sp³-hybridized carbons (Fsp3) is 0.455. The van der Waals surface area contributed by atoms with E-state index in [0.717, 1.165) is 0 Å². The van der Waals surface area contributed by atoms with Crippen LogP contribution in [0.4, 0.5) is 18.9 Å². The first kappa shape index (κ1) is 12.8. The Morgan fingerprint density at radius 2 is 2.28 bits per heavy atom. The molecule has 0 aliphatic carbocycles. The number of nitrogens with one attached hydrogen (secondary N) is 2. The predicted molar refractivity (Wildman–Crippen MR) is 58.8 cm³/mol. The van der Waals surface area contributed by atoms with Crippen molar-refractivity contribution in [2.75, 3.05) is 18.4 Å². The number of rotatable bonds is 2. The van der Waals surface area contributed by atoms with E-state index >= 15 is 0 Å². The summed E-state index contributed by atoms with van der Waals surface area (Å²) in [5, 5.41) is 4.86. The third-order valence-corrected chi connectivity index (χ3v) is 3.05.